The molecule has 1 nitrogen and oxygen atoms in total. The maximum atomic E-state index is 14.0. The number of benzene rings is 1. The molecule has 0 saturated carbocycles. The van der Waals surface area contributed by atoms with Gasteiger partial charge < -0.3 is 4.74 Å². The van der Waals surface area contributed by atoms with Gasteiger partial charge in [-0.3, -0.25) is 0 Å². The molecule has 0 aromatic heterocycles. The Labute approximate surface area is 144 Å². The summed E-state index contributed by atoms with van der Waals surface area (Å²) in [4.78, 5) is 0. The molecule has 1 aromatic carbocycles. The monoisotopic (exact) mass is 332 g/mol. The third-order valence-electron chi connectivity index (χ3n) is 3.84. The Kier molecular flexibility index (Phi) is 8.77. The van der Waals surface area contributed by atoms with Crippen LogP contribution in [0.25, 0.3) is 5.57 Å². The minimum absolute atomic E-state index is 0.324. The van der Waals surface area contributed by atoms with Gasteiger partial charge in [0.2, 0.25) is 0 Å². The smallest absolute Gasteiger partial charge is 0.130 e. The van der Waals surface area contributed by atoms with Crippen LogP contribution >= 0.6 is 0 Å². The van der Waals surface area contributed by atoms with E-state index in [1.807, 2.05) is 6.08 Å². The van der Waals surface area contributed by atoms with Crippen molar-refractivity contribution < 1.29 is 13.5 Å². The fourth-order valence-corrected chi connectivity index (χ4v) is 2.67. The van der Waals surface area contributed by atoms with Gasteiger partial charge in [0.15, 0.2) is 0 Å². The SMILES string of the molecule is C=CCCCC(C)Cc1cc(F)cc(C(=C)/C=C\C=C/F)c1OC. The van der Waals surface area contributed by atoms with Gasteiger partial charge in [-0.25, -0.2) is 8.78 Å². The molecule has 1 atom stereocenters. The van der Waals surface area contributed by atoms with E-state index >= 15 is 0 Å². The summed E-state index contributed by atoms with van der Waals surface area (Å²) >= 11 is 0. The van der Waals surface area contributed by atoms with Crippen LogP contribution in [0.5, 0.6) is 5.75 Å². The van der Waals surface area contributed by atoms with Crippen molar-refractivity contribution in [2.45, 2.75) is 32.6 Å². The van der Waals surface area contributed by atoms with Crippen LogP contribution < -0.4 is 4.74 Å². The molecule has 1 unspecified atom stereocenters. The molecule has 24 heavy (non-hydrogen) atoms. The second kappa shape index (κ2) is 10.6. The summed E-state index contributed by atoms with van der Waals surface area (Å²) in [6.07, 6.45) is 10.6. The lowest BCUT2D eigenvalue weighted by Gasteiger charge is -2.17. The molecule has 0 heterocycles. The Morgan fingerprint density at radius 3 is 2.71 bits per heavy atom. The van der Waals surface area contributed by atoms with Crippen molar-refractivity contribution in [1.29, 1.82) is 0 Å². The van der Waals surface area contributed by atoms with E-state index in [9.17, 15) is 8.78 Å². The highest BCUT2D eigenvalue weighted by Gasteiger charge is 2.15. The van der Waals surface area contributed by atoms with Gasteiger partial charge in [0.1, 0.15) is 11.6 Å². The van der Waals surface area contributed by atoms with E-state index in [2.05, 4.69) is 20.1 Å². The van der Waals surface area contributed by atoms with Gasteiger partial charge in [-0.1, -0.05) is 38.2 Å². The summed E-state index contributed by atoms with van der Waals surface area (Å²) in [6.45, 7) is 9.80. The van der Waals surface area contributed by atoms with E-state index in [4.69, 9.17) is 4.74 Å². The average Bonchev–Trinajstić information content (AvgIpc) is 2.54. The van der Waals surface area contributed by atoms with Gasteiger partial charge in [-0.15, -0.1) is 6.58 Å². The average molecular weight is 332 g/mol. The molecule has 0 aliphatic heterocycles. The van der Waals surface area contributed by atoms with Crippen LogP contribution in [0.3, 0.4) is 0 Å². The Balaban J connectivity index is 3.04. The Morgan fingerprint density at radius 2 is 2.08 bits per heavy atom. The Hall–Kier alpha value is -2.16. The number of allylic oxidation sites excluding steroid dienone is 5. The summed E-state index contributed by atoms with van der Waals surface area (Å²) < 4.78 is 31.6. The molecule has 0 saturated heterocycles. The second-order valence-electron chi connectivity index (χ2n) is 5.88. The highest BCUT2D eigenvalue weighted by atomic mass is 19.1. The van der Waals surface area contributed by atoms with Gasteiger partial charge in [0, 0.05) is 5.56 Å². The number of rotatable bonds is 10. The largest absolute Gasteiger partial charge is 0.496 e. The van der Waals surface area contributed by atoms with Crippen LogP contribution in [0, 0.1) is 11.7 Å². The maximum Gasteiger partial charge on any atom is 0.130 e. The van der Waals surface area contributed by atoms with Crippen molar-refractivity contribution in [3.63, 3.8) is 0 Å². The molecule has 1 aromatic rings. The van der Waals surface area contributed by atoms with Crippen molar-refractivity contribution >= 4 is 5.57 Å². The van der Waals surface area contributed by atoms with Gasteiger partial charge in [-0.2, -0.15) is 0 Å². The summed E-state index contributed by atoms with van der Waals surface area (Å²) in [5, 5.41) is 0. The molecular weight excluding hydrogens is 306 g/mol. The molecular formula is C21H26F2O. The summed E-state index contributed by atoms with van der Waals surface area (Å²) in [6, 6.07) is 2.92. The molecule has 0 amide bonds. The maximum absolute atomic E-state index is 14.0. The first kappa shape index (κ1) is 19.9. The number of ether oxygens (including phenoxy) is 1. The molecule has 0 radical (unpaired) electrons. The van der Waals surface area contributed by atoms with Crippen molar-refractivity contribution in [2.75, 3.05) is 7.11 Å². The number of hydrogen-bond donors (Lipinski definition) is 0. The molecule has 0 aliphatic rings. The molecule has 0 fully saturated rings. The minimum Gasteiger partial charge on any atom is -0.496 e. The normalized spacial score (nSPS) is 12.7. The highest BCUT2D eigenvalue weighted by molar-refractivity contribution is 5.77. The Bertz CT molecular complexity index is 615. The molecule has 1 rings (SSSR count). The third kappa shape index (κ3) is 6.15. The second-order valence-corrected chi connectivity index (χ2v) is 5.88. The van der Waals surface area contributed by atoms with E-state index in [0.717, 1.165) is 31.2 Å². The zero-order valence-electron chi connectivity index (χ0n) is 14.5. The topological polar surface area (TPSA) is 9.23 Å². The van der Waals surface area contributed by atoms with E-state index in [1.54, 1.807) is 13.2 Å². The predicted octanol–water partition coefficient (Wildman–Crippen LogP) is 6.42. The number of hydrogen-bond acceptors (Lipinski definition) is 1. The minimum atomic E-state index is -0.324. The standard InChI is InChI=1S/C21H26F2O/c1-5-6-7-10-16(2)13-18-14-19(23)15-20(21(18)24-4)17(3)11-8-9-12-22/h5,8-9,11-12,14-16H,1,3,6-7,10,13H2,2,4H3/b11-8-,12-9-. The third-order valence-corrected chi connectivity index (χ3v) is 3.84. The fourth-order valence-electron chi connectivity index (χ4n) is 2.67. The first-order valence-electron chi connectivity index (χ1n) is 8.13. The van der Waals surface area contributed by atoms with Gasteiger partial charge in [0.25, 0.3) is 0 Å². The predicted molar refractivity (Wildman–Crippen MR) is 98.3 cm³/mol. The van der Waals surface area contributed by atoms with E-state index in [0.29, 0.717) is 29.1 Å². The van der Waals surface area contributed by atoms with E-state index < -0.39 is 0 Å². The van der Waals surface area contributed by atoms with Gasteiger partial charge >= 0.3 is 0 Å². The zero-order valence-corrected chi connectivity index (χ0v) is 14.5. The summed E-state index contributed by atoms with van der Waals surface area (Å²) in [7, 11) is 1.57. The summed E-state index contributed by atoms with van der Waals surface area (Å²) in [5.41, 5.74) is 1.99. The molecule has 130 valence electrons. The van der Waals surface area contributed by atoms with Crippen LogP contribution in [0.4, 0.5) is 8.78 Å². The number of halogens is 2. The molecule has 0 N–H and O–H groups in total. The number of unbranched alkanes of at least 4 members (excludes halogenated alkanes) is 1. The molecule has 0 bridgehead atoms. The van der Waals surface area contributed by atoms with Crippen LogP contribution in [-0.2, 0) is 6.42 Å². The highest BCUT2D eigenvalue weighted by Crippen LogP contribution is 2.33. The zero-order chi connectivity index (χ0) is 17.9. The van der Waals surface area contributed by atoms with Crippen LogP contribution in [0.15, 0.2) is 55.9 Å². The van der Waals surface area contributed by atoms with E-state index in [1.165, 1.54) is 24.3 Å². The molecule has 0 spiro atoms. The van der Waals surface area contributed by atoms with Crippen molar-refractivity contribution in [2.24, 2.45) is 5.92 Å². The van der Waals surface area contributed by atoms with Crippen LogP contribution in [0.1, 0.15) is 37.3 Å². The Morgan fingerprint density at radius 1 is 1.33 bits per heavy atom. The molecule has 3 heteroatoms. The lowest BCUT2D eigenvalue weighted by Crippen LogP contribution is -2.04. The first-order valence-corrected chi connectivity index (χ1v) is 8.13. The van der Waals surface area contributed by atoms with Gasteiger partial charge in [0.05, 0.1) is 13.4 Å². The van der Waals surface area contributed by atoms with Crippen LogP contribution in [-0.4, -0.2) is 7.11 Å². The quantitative estimate of drug-likeness (QED) is 0.273. The van der Waals surface area contributed by atoms with E-state index in [-0.39, 0.29) is 5.82 Å². The van der Waals surface area contributed by atoms with Crippen molar-refractivity contribution in [3.8, 4) is 5.75 Å². The number of methoxy groups -OCH3 is 1. The lowest BCUT2D eigenvalue weighted by molar-refractivity contribution is 0.400. The first-order chi connectivity index (χ1) is 11.5. The lowest BCUT2D eigenvalue weighted by atomic mass is 9.92. The van der Waals surface area contributed by atoms with Crippen LogP contribution in [0.2, 0.25) is 0 Å². The van der Waals surface area contributed by atoms with Crippen molar-refractivity contribution in [1.82, 2.24) is 0 Å². The molecule has 0 aliphatic carbocycles. The van der Waals surface area contributed by atoms with Gasteiger partial charge in [-0.05, 0) is 54.5 Å². The van der Waals surface area contributed by atoms with Crippen molar-refractivity contribution in [3.05, 3.63) is 72.9 Å². The fraction of sp³-hybridized carbons (Fsp3) is 0.333. The summed E-state index contributed by atoms with van der Waals surface area (Å²) in [5.74, 6) is 0.715.